The number of hydrogen-bond acceptors (Lipinski definition) is 7. The molecule has 0 radical (unpaired) electrons. The Morgan fingerprint density at radius 1 is 1.21 bits per heavy atom. The van der Waals surface area contributed by atoms with E-state index in [0.29, 0.717) is 36.7 Å². The number of hydrogen-bond donors (Lipinski definition) is 3. The first-order valence-electron chi connectivity index (χ1n) is 5.76. The summed E-state index contributed by atoms with van der Waals surface area (Å²) >= 11 is 5.57. The SMILES string of the molecule is CNC(=O)OCCNc1nc(C)nc(NCCCl)n1. The molecule has 0 aliphatic rings. The Bertz CT molecular complexity index is 417. The van der Waals surface area contributed by atoms with Gasteiger partial charge in [-0.05, 0) is 6.92 Å². The first-order valence-corrected chi connectivity index (χ1v) is 6.30. The minimum atomic E-state index is -0.474. The second-order valence-electron chi connectivity index (χ2n) is 3.46. The molecule has 0 atom stereocenters. The van der Waals surface area contributed by atoms with Crippen LogP contribution in [0, 0.1) is 6.92 Å². The van der Waals surface area contributed by atoms with E-state index in [1.165, 1.54) is 7.05 Å². The molecule has 0 fully saturated rings. The minimum Gasteiger partial charge on any atom is -0.448 e. The zero-order chi connectivity index (χ0) is 14.1. The van der Waals surface area contributed by atoms with Crippen LogP contribution in [0.4, 0.5) is 16.7 Å². The predicted octanol–water partition coefficient (Wildman–Crippen LogP) is 0.599. The smallest absolute Gasteiger partial charge is 0.406 e. The van der Waals surface area contributed by atoms with Crippen LogP contribution < -0.4 is 16.0 Å². The lowest BCUT2D eigenvalue weighted by Gasteiger charge is -2.08. The van der Waals surface area contributed by atoms with Crippen molar-refractivity contribution >= 4 is 29.6 Å². The van der Waals surface area contributed by atoms with Gasteiger partial charge in [0.1, 0.15) is 12.4 Å². The third kappa shape index (κ3) is 6.05. The number of halogens is 1. The van der Waals surface area contributed by atoms with E-state index in [0.717, 1.165) is 0 Å². The summed E-state index contributed by atoms with van der Waals surface area (Å²) in [6, 6.07) is 0. The lowest BCUT2D eigenvalue weighted by Crippen LogP contribution is -2.23. The van der Waals surface area contributed by atoms with Gasteiger partial charge >= 0.3 is 6.09 Å². The number of nitrogens with one attached hydrogen (secondary N) is 3. The lowest BCUT2D eigenvalue weighted by atomic mass is 10.6. The van der Waals surface area contributed by atoms with Crippen LogP contribution in [0.5, 0.6) is 0 Å². The van der Waals surface area contributed by atoms with E-state index in [4.69, 9.17) is 16.3 Å². The van der Waals surface area contributed by atoms with Crippen molar-refractivity contribution in [3.05, 3.63) is 5.82 Å². The monoisotopic (exact) mass is 288 g/mol. The summed E-state index contributed by atoms with van der Waals surface area (Å²) in [4.78, 5) is 23.2. The molecular weight excluding hydrogens is 272 g/mol. The summed E-state index contributed by atoms with van der Waals surface area (Å²) in [7, 11) is 1.50. The number of alkyl carbamates (subject to hydrolysis) is 1. The maximum atomic E-state index is 10.8. The van der Waals surface area contributed by atoms with Gasteiger partial charge in [0.05, 0.1) is 6.54 Å². The van der Waals surface area contributed by atoms with Crippen molar-refractivity contribution in [1.82, 2.24) is 20.3 Å². The second-order valence-corrected chi connectivity index (χ2v) is 3.84. The first kappa shape index (κ1) is 15.2. The molecule has 1 rings (SSSR count). The molecule has 0 spiro atoms. The second kappa shape index (κ2) is 8.30. The molecule has 1 amide bonds. The van der Waals surface area contributed by atoms with Gasteiger partial charge in [-0.25, -0.2) is 4.79 Å². The fourth-order valence-electron chi connectivity index (χ4n) is 1.18. The van der Waals surface area contributed by atoms with Gasteiger partial charge in [-0.3, -0.25) is 0 Å². The van der Waals surface area contributed by atoms with Crippen molar-refractivity contribution in [2.75, 3.05) is 43.3 Å². The van der Waals surface area contributed by atoms with Gasteiger partial charge in [-0.15, -0.1) is 11.6 Å². The van der Waals surface area contributed by atoms with Crippen LogP contribution in [0.25, 0.3) is 0 Å². The third-order valence-electron chi connectivity index (χ3n) is 1.95. The van der Waals surface area contributed by atoms with Crippen LogP contribution in [0.3, 0.4) is 0 Å². The van der Waals surface area contributed by atoms with Crippen LogP contribution in [0.15, 0.2) is 0 Å². The number of aromatic nitrogens is 3. The van der Waals surface area contributed by atoms with E-state index in [1.807, 2.05) is 0 Å². The van der Waals surface area contributed by atoms with Gasteiger partial charge < -0.3 is 20.7 Å². The maximum absolute atomic E-state index is 10.8. The standard InChI is InChI=1S/C10H17ClN6O2/c1-7-15-8(13-4-3-11)17-9(16-7)14-5-6-19-10(18)12-2/h3-6H2,1-2H3,(H,12,18)(H2,13,14,15,16,17). The number of aryl methyl sites for hydroxylation is 1. The zero-order valence-electron chi connectivity index (χ0n) is 10.9. The van der Waals surface area contributed by atoms with E-state index in [-0.39, 0.29) is 6.61 Å². The predicted molar refractivity (Wildman–Crippen MR) is 72.7 cm³/mol. The number of rotatable bonds is 7. The Balaban J connectivity index is 2.44. The van der Waals surface area contributed by atoms with E-state index in [1.54, 1.807) is 6.92 Å². The lowest BCUT2D eigenvalue weighted by molar-refractivity contribution is 0.153. The molecule has 0 aliphatic carbocycles. The van der Waals surface area contributed by atoms with Gasteiger partial charge in [0.2, 0.25) is 11.9 Å². The van der Waals surface area contributed by atoms with Gasteiger partial charge in [0, 0.05) is 19.5 Å². The van der Waals surface area contributed by atoms with Crippen molar-refractivity contribution < 1.29 is 9.53 Å². The highest BCUT2D eigenvalue weighted by Gasteiger charge is 2.03. The van der Waals surface area contributed by atoms with Crippen LogP contribution in [-0.4, -0.2) is 53.7 Å². The van der Waals surface area contributed by atoms with Crippen LogP contribution in [0.1, 0.15) is 5.82 Å². The zero-order valence-corrected chi connectivity index (χ0v) is 11.6. The highest BCUT2D eigenvalue weighted by molar-refractivity contribution is 6.18. The quantitative estimate of drug-likeness (QED) is 0.499. The van der Waals surface area contributed by atoms with Crippen molar-refractivity contribution in [2.24, 2.45) is 0 Å². The van der Waals surface area contributed by atoms with E-state index in [2.05, 4.69) is 30.9 Å². The molecule has 0 saturated heterocycles. The average Bonchev–Trinajstić information content (AvgIpc) is 2.40. The number of amides is 1. The molecular formula is C10H17ClN6O2. The Labute approximate surface area is 116 Å². The van der Waals surface area contributed by atoms with Crippen LogP contribution in [-0.2, 0) is 4.74 Å². The number of ether oxygens (including phenoxy) is 1. The molecule has 1 aromatic rings. The number of anilines is 2. The molecule has 9 heteroatoms. The van der Waals surface area contributed by atoms with Gasteiger partial charge in [0.25, 0.3) is 0 Å². The van der Waals surface area contributed by atoms with Crippen LogP contribution >= 0.6 is 11.6 Å². The van der Waals surface area contributed by atoms with Crippen molar-refractivity contribution in [3.8, 4) is 0 Å². The summed E-state index contributed by atoms with van der Waals surface area (Å²) < 4.78 is 4.82. The number of alkyl halides is 1. The van der Waals surface area contributed by atoms with Gasteiger partial charge in [-0.2, -0.15) is 15.0 Å². The maximum Gasteiger partial charge on any atom is 0.406 e. The summed E-state index contributed by atoms with van der Waals surface area (Å²) in [5, 5.41) is 8.26. The molecule has 19 heavy (non-hydrogen) atoms. The van der Waals surface area contributed by atoms with Gasteiger partial charge in [0.15, 0.2) is 0 Å². The molecule has 3 N–H and O–H groups in total. The van der Waals surface area contributed by atoms with E-state index in [9.17, 15) is 4.79 Å². The molecule has 0 aromatic carbocycles. The summed E-state index contributed by atoms with van der Waals surface area (Å²) in [6.45, 7) is 2.96. The molecule has 1 aromatic heterocycles. The number of carbonyl (C=O) groups is 1. The molecule has 1 heterocycles. The van der Waals surface area contributed by atoms with Crippen LogP contribution in [0.2, 0.25) is 0 Å². The Morgan fingerprint density at radius 3 is 2.42 bits per heavy atom. The first-order chi connectivity index (χ1) is 9.15. The molecule has 106 valence electrons. The highest BCUT2D eigenvalue weighted by atomic mass is 35.5. The molecule has 0 saturated carbocycles. The number of carbonyl (C=O) groups excluding carboxylic acids is 1. The fourth-order valence-corrected chi connectivity index (χ4v) is 1.27. The third-order valence-corrected chi connectivity index (χ3v) is 2.14. The molecule has 0 unspecified atom stereocenters. The Morgan fingerprint density at radius 2 is 1.84 bits per heavy atom. The van der Waals surface area contributed by atoms with Crippen molar-refractivity contribution in [1.29, 1.82) is 0 Å². The summed E-state index contributed by atoms with van der Waals surface area (Å²) in [6.07, 6.45) is -0.474. The molecule has 0 bridgehead atoms. The normalized spacial score (nSPS) is 9.84. The molecule has 0 aliphatic heterocycles. The Hall–Kier alpha value is -1.83. The topological polar surface area (TPSA) is 101 Å². The Kier molecular flexibility index (Phi) is 6.65. The summed E-state index contributed by atoms with van der Waals surface area (Å²) in [5.41, 5.74) is 0. The van der Waals surface area contributed by atoms with Crippen molar-refractivity contribution in [2.45, 2.75) is 6.92 Å². The minimum absolute atomic E-state index is 0.217. The van der Waals surface area contributed by atoms with Gasteiger partial charge in [-0.1, -0.05) is 0 Å². The largest absolute Gasteiger partial charge is 0.448 e. The molecule has 8 nitrogen and oxygen atoms in total. The van der Waals surface area contributed by atoms with E-state index < -0.39 is 6.09 Å². The number of nitrogens with zero attached hydrogens (tertiary/aromatic N) is 3. The average molecular weight is 289 g/mol. The van der Waals surface area contributed by atoms with Crippen molar-refractivity contribution in [3.63, 3.8) is 0 Å². The highest BCUT2D eigenvalue weighted by Crippen LogP contribution is 2.04. The fraction of sp³-hybridized carbons (Fsp3) is 0.600. The van der Waals surface area contributed by atoms with E-state index >= 15 is 0 Å². The summed E-state index contributed by atoms with van der Waals surface area (Å²) in [5.74, 6) is 1.93.